The number of thiophene rings is 1. The Hall–Kier alpha value is -2.51. The molecule has 1 unspecified atom stereocenters. The van der Waals surface area contributed by atoms with Crippen molar-refractivity contribution in [1.29, 1.82) is 0 Å². The minimum atomic E-state index is -1.12. The van der Waals surface area contributed by atoms with Crippen molar-refractivity contribution < 1.29 is 14.3 Å². The van der Waals surface area contributed by atoms with Crippen LogP contribution in [0.15, 0.2) is 47.2 Å². The number of ether oxygens (including phenoxy) is 1. The number of carbonyl (C=O) groups is 2. The fraction of sp³-hybridized carbons (Fsp3) is 0.118. The number of benzene rings is 1. The van der Waals surface area contributed by atoms with Crippen LogP contribution in [0.2, 0.25) is 0 Å². The molecule has 0 aliphatic carbocycles. The van der Waals surface area contributed by atoms with Gasteiger partial charge in [-0.25, -0.2) is 9.78 Å². The minimum absolute atomic E-state index is 0.374. The van der Waals surface area contributed by atoms with Crippen molar-refractivity contribution in [3.63, 3.8) is 0 Å². The van der Waals surface area contributed by atoms with Crippen LogP contribution in [0.4, 0.5) is 0 Å². The second kappa shape index (κ2) is 6.94. The predicted octanol–water partition coefficient (Wildman–Crippen LogP) is 3.56. The molecule has 3 rings (SSSR count). The van der Waals surface area contributed by atoms with E-state index in [0.29, 0.717) is 16.1 Å². The van der Waals surface area contributed by atoms with Gasteiger partial charge >= 0.3 is 5.97 Å². The number of thiazole rings is 1. The Morgan fingerprint density at radius 1 is 1.21 bits per heavy atom. The Balaban J connectivity index is 1.85. The normalized spacial score (nSPS) is 11.9. The quantitative estimate of drug-likeness (QED) is 0.707. The van der Waals surface area contributed by atoms with Gasteiger partial charge in [-0.3, -0.25) is 4.79 Å². The summed E-state index contributed by atoms with van der Waals surface area (Å²) in [6.45, 7) is 1.74. The van der Waals surface area contributed by atoms with Crippen LogP contribution in [0.25, 0.3) is 10.6 Å². The van der Waals surface area contributed by atoms with E-state index in [1.54, 1.807) is 42.5 Å². The van der Waals surface area contributed by atoms with Crippen LogP contribution in [0.3, 0.4) is 0 Å². The number of rotatable bonds is 5. The summed E-state index contributed by atoms with van der Waals surface area (Å²) in [6.07, 6.45) is -1.12. The first-order valence-electron chi connectivity index (χ1n) is 7.11. The van der Waals surface area contributed by atoms with E-state index in [2.05, 4.69) is 4.98 Å². The zero-order valence-corrected chi connectivity index (χ0v) is 14.4. The lowest BCUT2D eigenvalue weighted by molar-refractivity contribution is -0.127. The summed E-state index contributed by atoms with van der Waals surface area (Å²) in [5.41, 5.74) is 7.46. The molecule has 0 fully saturated rings. The molecule has 0 radical (unpaired) electrons. The van der Waals surface area contributed by atoms with Crippen molar-refractivity contribution in [3.05, 3.63) is 63.3 Å². The molecular formula is C17H14N2O3S2. The first-order chi connectivity index (χ1) is 11.6. The molecule has 0 spiro atoms. The molecular weight excluding hydrogens is 344 g/mol. The first-order valence-corrected chi connectivity index (χ1v) is 8.87. The molecule has 0 bridgehead atoms. The standard InChI is InChI=1S/C17H14N2O3S2/c1-10-14(24-16(19-10)12-7-8-23-9-12)17(21)22-13(15(18)20)11-5-3-2-4-6-11/h2-9,13H,1H3,(H2,18,20). The van der Waals surface area contributed by atoms with Gasteiger partial charge in [-0.1, -0.05) is 30.3 Å². The fourth-order valence-corrected chi connectivity index (χ4v) is 3.83. The summed E-state index contributed by atoms with van der Waals surface area (Å²) in [5.74, 6) is -1.31. The maximum absolute atomic E-state index is 12.5. The second-order valence-corrected chi connectivity index (χ2v) is 6.82. The van der Waals surface area contributed by atoms with E-state index in [4.69, 9.17) is 10.5 Å². The zero-order chi connectivity index (χ0) is 17.1. The van der Waals surface area contributed by atoms with Crippen LogP contribution in [0.1, 0.15) is 27.0 Å². The third-order valence-corrected chi connectivity index (χ3v) is 5.21. The predicted molar refractivity (Wildman–Crippen MR) is 94.0 cm³/mol. The van der Waals surface area contributed by atoms with E-state index in [0.717, 1.165) is 10.6 Å². The van der Waals surface area contributed by atoms with E-state index in [-0.39, 0.29) is 0 Å². The van der Waals surface area contributed by atoms with Crippen molar-refractivity contribution in [2.75, 3.05) is 0 Å². The molecule has 0 saturated carbocycles. The number of esters is 1. The molecule has 2 N–H and O–H groups in total. The van der Waals surface area contributed by atoms with Crippen molar-refractivity contribution in [2.45, 2.75) is 13.0 Å². The molecule has 2 aromatic heterocycles. The van der Waals surface area contributed by atoms with E-state index < -0.39 is 18.0 Å². The summed E-state index contributed by atoms with van der Waals surface area (Å²) in [4.78, 5) is 28.9. The van der Waals surface area contributed by atoms with Gasteiger partial charge in [0.2, 0.25) is 6.10 Å². The second-order valence-electron chi connectivity index (χ2n) is 5.04. The van der Waals surface area contributed by atoms with Gasteiger partial charge in [0.1, 0.15) is 9.88 Å². The van der Waals surface area contributed by atoms with Gasteiger partial charge in [0.15, 0.2) is 0 Å². The SMILES string of the molecule is Cc1nc(-c2ccsc2)sc1C(=O)OC(C(N)=O)c1ccccc1. The Kier molecular flexibility index (Phi) is 4.73. The molecule has 0 aliphatic rings. The number of nitrogens with zero attached hydrogens (tertiary/aromatic N) is 1. The summed E-state index contributed by atoms with van der Waals surface area (Å²) >= 11 is 2.80. The molecule has 0 aliphatic heterocycles. The van der Waals surface area contributed by atoms with E-state index in [1.165, 1.54) is 11.3 Å². The Labute approximate surface area is 146 Å². The van der Waals surface area contributed by atoms with Gasteiger partial charge in [0.25, 0.3) is 5.91 Å². The lowest BCUT2D eigenvalue weighted by Crippen LogP contribution is -2.26. The third-order valence-electron chi connectivity index (χ3n) is 3.34. The number of primary amides is 1. The smallest absolute Gasteiger partial charge is 0.351 e. The Morgan fingerprint density at radius 3 is 2.58 bits per heavy atom. The number of nitrogens with two attached hydrogens (primary N) is 1. The van der Waals surface area contributed by atoms with E-state index >= 15 is 0 Å². The number of aryl methyl sites for hydroxylation is 1. The van der Waals surface area contributed by atoms with Crippen molar-refractivity contribution in [2.24, 2.45) is 5.73 Å². The highest BCUT2D eigenvalue weighted by atomic mass is 32.1. The summed E-state index contributed by atoms with van der Waals surface area (Å²) in [7, 11) is 0. The van der Waals surface area contributed by atoms with Crippen molar-refractivity contribution in [1.82, 2.24) is 4.98 Å². The number of aromatic nitrogens is 1. The minimum Gasteiger partial charge on any atom is -0.443 e. The maximum Gasteiger partial charge on any atom is 0.351 e. The third kappa shape index (κ3) is 3.37. The fourth-order valence-electron chi connectivity index (χ4n) is 2.17. The maximum atomic E-state index is 12.5. The molecule has 7 heteroatoms. The van der Waals surface area contributed by atoms with Gasteiger partial charge in [-0.2, -0.15) is 11.3 Å². The van der Waals surface area contributed by atoms with Gasteiger partial charge in [0.05, 0.1) is 5.69 Å². The summed E-state index contributed by atoms with van der Waals surface area (Å²) in [5, 5.41) is 4.66. The van der Waals surface area contributed by atoms with Crippen molar-refractivity contribution in [3.8, 4) is 10.6 Å². The highest BCUT2D eigenvalue weighted by molar-refractivity contribution is 7.17. The monoisotopic (exact) mass is 358 g/mol. The van der Waals surface area contributed by atoms with Crippen LogP contribution in [-0.2, 0) is 9.53 Å². The van der Waals surface area contributed by atoms with Crippen LogP contribution in [0, 0.1) is 6.92 Å². The summed E-state index contributed by atoms with van der Waals surface area (Å²) in [6, 6.07) is 10.6. The van der Waals surface area contributed by atoms with Gasteiger partial charge in [0, 0.05) is 16.5 Å². The van der Waals surface area contributed by atoms with Crippen LogP contribution >= 0.6 is 22.7 Å². The average Bonchev–Trinajstić information content (AvgIpc) is 3.22. The molecule has 0 saturated heterocycles. The largest absolute Gasteiger partial charge is 0.443 e. The van der Waals surface area contributed by atoms with E-state index in [9.17, 15) is 9.59 Å². The number of carbonyl (C=O) groups excluding carboxylic acids is 2. The van der Waals surface area contributed by atoms with Gasteiger partial charge in [-0.05, 0) is 18.4 Å². The Morgan fingerprint density at radius 2 is 1.96 bits per heavy atom. The highest BCUT2D eigenvalue weighted by Gasteiger charge is 2.26. The number of hydrogen-bond acceptors (Lipinski definition) is 6. The highest BCUT2D eigenvalue weighted by Crippen LogP contribution is 2.31. The molecule has 1 amide bonds. The van der Waals surface area contributed by atoms with Gasteiger partial charge < -0.3 is 10.5 Å². The van der Waals surface area contributed by atoms with Crippen LogP contribution in [0.5, 0.6) is 0 Å². The first kappa shape index (κ1) is 16.4. The molecule has 3 aromatic rings. The van der Waals surface area contributed by atoms with Crippen LogP contribution in [-0.4, -0.2) is 16.9 Å². The Bertz CT molecular complexity index is 857. The molecule has 1 aromatic carbocycles. The lowest BCUT2D eigenvalue weighted by atomic mass is 10.1. The average molecular weight is 358 g/mol. The van der Waals surface area contributed by atoms with Crippen LogP contribution < -0.4 is 5.73 Å². The molecule has 2 heterocycles. The topological polar surface area (TPSA) is 82.3 Å². The number of hydrogen-bond donors (Lipinski definition) is 1. The summed E-state index contributed by atoms with van der Waals surface area (Å²) < 4.78 is 5.36. The van der Waals surface area contributed by atoms with Gasteiger partial charge in [-0.15, -0.1) is 11.3 Å². The molecule has 5 nitrogen and oxygen atoms in total. The van der Waals surface area contributed by atoms with E-state index in [1.807, 2.05) is 22.9 Å². The lowest BCUT2D eigenvalue weighted by Gasteiger charge is -2.14. The molecule has 24 heavy (non-hydrogen) atoms. The molecule has 1 atom stereocenters. The van der Waals surface area contributed by atoms with Crippen molar-refractivity contribution >= 4 is 34.6 Å². The number of amides is 1. The molecule has 122 valence electrons. The zero-order valence-electron chi connectivity index (χ0n) is 12.8.